The van der Waals surface area contributed by atoms with Gasteiger partial charge in [0.05, 0.1) is 40.6 Å². The Balaban J connectivity index is 1.94. The van der Waals surface area contributed by atoms with Crippen molar-refractivity contribution in [1.29, 1.82) is 0 Å². The fraction of sp³-hybridized carbons (Fsp3) is 0.400. The van der Waals surface area contributed by atoms with Crippen LogP contribution < -0.4 is 29.1 Å². The average molecular weight is 536 g/mol. The van der Waals surface area contributed by atoms with Crippen molar-refractivity contribution in [3.8, 4) is 45.8 Å². The molecule has 1 aliphatic rings. The maximum atomic E-state index is 13.3. The number of fused-ring (bicyclic) bond motifs is 1. The molecule has 206 valence electrons. The number of rotatable bonds is 8. The summed E-state index contributed by atoms with van der Waals surface area (Å²) in [5.41, 5.74) is -0.647. The lowest BCUT2D eigenvalue weighted by Crippen LogP contribution is -2.60. The van der Waals surface area contributed by atoms with Gasteiger partial charge in [0.25, 0.3) is 0 Å². The number of methoxy groups -OCH3 is 4. The lowest BCUT2D eigenvalue weighted by molar-refractivity contribution is -0.277. The van der Waals surface area contributed by atoms with Crippen LogP contribution in [0.25, 0.3) is 22.3 Å². The van der Waals surface area contributed by atoms with Crippen molar-refractivity contribution in [3.05, 3.63) is 34.5 Å². The van der Waals surface area contributed by atoms with E-state index < -0.39 is 42.7 Å². The molecule has 0 spiro atoms. The van der Waals surface area contributed by atoms with Crippen LogP contribution in [0, 0.1) is 0 Å². The van der Waals surface area contributed by atoms with Gasteiger partial charge in [0, 0.05) is 18.2 Å². The van der Waals surface area contributed by atoms with Crippen LogP contribution in [0.4, 0.5) is 0 Å². The van der Waals surface area contributed by atoms with Crippen LogP contribution in [0.1, 0.15) is 0 Å². The summed E-state index contributed by atoms with van der Waals surface area (Å²) in [6.07, 6.45) is -7.81. The van der Waals surface area contributed by atoms with E-state index in [4.69, 9.17) is 32.8 Å². The molecule has 38 heavy (non-hydrogen) atoms. The molecule has 13 heteroatoms. The van der Waals surface area contributed by atoms with E-state index in [0.717, 1.165) is 0 Å². The predicted molar refractivity (Wildman–Crippen MR) is 130 cm³/mol. The first kappa shape index (κ1) is 27.3. The molecule has 1 aliphatic heterocycles. The van der Waals surface area contributed by atoms with Gasteiger partial charge >= 0.3 is 0 Å². The number of aliphatic hydroxyl groups is 4. The van der Waals surface area contributed by atoms with Crippen molar-refractivity contribution in [2.45, 2.75) is 30.7 Å². The summed E-state index contributed by atoms with van der Waals surface area (Å²) in [5.74, 6) is -0.261. The van der Waals surface area contributed by atoms with Crippen molar-refractivity contribution in [3.63, 3.8) is 0 Å². The largest absolute Gasteiger partial charge is 0.507 e. The Hall–Kier alpha value is -3.75. The molecule has 0 bridgehead atoms. The zero-order valence-corrected chi connectivity index (χ0v) is 20.9. The van der Waals surface area contributed by atoms with Gasteiger partial charge in [-0.3, -0.25) is 4.79 Å². The number of phenols is 1. The maximum Gasteiger partial charge on any atom is 0.239 e. The van der Waals surface area contributed by atoms with Gasteiger partial charge in [-0.2, -0.15) is 0 Å². The first-order valence-electron chi connectivity index (χ1n) is 11.3. The summed E-state index contributed by atoms with van der Waals surface area (Å²) in [4.78, 5) is 13.3. The molecule has 0 radical (unpaired) electrons. The maximum absolute atomic E-state index is 13.3. The van der Waals surface area contributed by atoms with Gasteiger partial charge in [-0.1, -0.05) is 0 Å². The topological polar surface area (TPSA) is 187 Å². The van der Waals surface area contributed by atoms with Crippen LogP contribution in [0.3, 0.4) is 0 Å². The third-order valence-electron chi connectivity index (χ3n) is 6.17. The number of hydrogen-bond acceptors (Lipinski definition) is 13. The third kappa shape index (κ3) is 4.66. The zero-order chi connectivity index (χ0) is 27.7. The summed E-state index contributed by atoms with van der Waals surface area (Å²) >= 11 is 0. The van der Waals surface area contributed by atoms with Crippen LogP contribution in [0.2, 0.25) is 0 Å². The van der Waals surface area contributed by atoms with Gasteiger partial charge in [0.2, 0.25) is 17.5 Å². The number of phenolic OH excluding ortho intramolecular Hbond substituents is 1. The first-order chi connectivity index (χ1) is 18.2. The molecular formula is C25H28O13. The highest BCUT2D eigenvalue weighted by molar-refractivity contribution is 5.89. The van der Waals surface area contributed by atoms with E-state index in [1.807, 2.05) is 0 Å². The quantitative estimate of drug-likeness (QED) is 0.266. The van der Waals surface area contributed by atoms with E-state index in [9.17, 15) is 30.3 Å². The predicted octanol–water partition coefficient (Wildman–Crippen LogP) is 0.379. The van der Waals surface area contributed by atoms with Gasteiger partial charge < -0.3 is 58.4 Å². The summed E-state index contributed by atoms with van der Waals surface area (Å²) in [6.45, 7) is -0.664. The number of benzene rings is 2. The third-order valence-corrected chi connectivity index (χ3v) is 6.17. The highest BCUT2D eigenvalue weighted by Gasteiger charge is 2.45. The molecule has 0 amide bonds. The molecule has 0 saturated carbocycles. The molecule has 1 fully saturated rings. The standard InChI is InChI=1S/C25H28O13/c1-32-10-5-12(27)18-16(6-10)36-23(24(35-4)20(18)29)11-7-14(33-2)15(34-3)8-13(11)37-25-22(31)21(30)19(28)17(9-26)38-25/h5-8,17,19,21-22,25-28,30-31H,9H2,1-4H3/t17-,19-,21+,22+,25-/m1/s1. The fourth-order valence-corrected chi connectivity index (χ4v) is 4.16. The number of hydrogen-bond donors (Lipinski definition) is 5. The van der Waals surface area contributed by atoms with Gasteiger partial charge in [0.1, 0.15) is 52.6 Å². The lowest BCUT2D eigenvalue weighted by Gasteiger charge is -2.39. The SMILES string of the molecule is COc1cc(O)c2c(=O)c(OC)c(-c3cc(OC)c(OC)cc3O[C@@H]3O[C@H](CO)[C@@H](O)[C@H](O)[C@@H]3O)oc2c1. The van der Waals surface area contributed by atoms with Crippen molar-refractivity contribution in [2.75, 3.05) is 35.0 Å². The molecule has 13 nitrogen and oxygen atoms in total. The second kappa shape index (κ2) is 10.9. The molecule has 0 aliphatic carbocycles. The molecule has 2 aromatic carbocycles. The fourth-order valence-electron chi connectivity index (χ4n) is 4.16. The van der Waals surface area contributed by atoms with E-state index in [0.29, 0.717) is 0 Å². The Labute approximate surface area is 215 Å². The average Bonchev–Trinajstić information content (AvgIpc) is 2.92. The first-order valence-corrected chi connectivity index (χ1v) is 11.3. The van der Waals surface area contributed by atoms with E-state index in [1.165, 1.54) is 52.7 Å². The number of ether oxygens (including phenoxy) is 6. The molecule has 2 heterocycles. The highest BCUT2D eigenvalue weighted by Crippen LogP contribution is 2.45. The van der Waals surface area contributed by atoms with Gasteiger partial charge in [-0.15, -0.1) is 0 Å². The Morgan fingerprint density at radius 3 is 2.13 bits per heavy atom. The molecule has 5 atom stereocenters. The van der Waals surface area contributed by atoms with Crippen molar-refractivity contribution < 1.29 is 58.4 Å². The molecule has 0 unspecified atom stereocenters. The minimum absolute atomic E-state index is 0.0313. The van der Waals surface area contributed by atoms with Crippen LogP contribution in [0.15, 0.2) is 33.5 Å². The highest BCUT2D eigenvalue weighted by atomic mass is 16.7. The van der Waals surface area contributed by atoms with Crippen LogP contribution >= 0.6 is 0 Å². The van der Waals surface area contributed by atoms with Gasteiger partial charge in [-0.25, -0.2) is 0 Å². The Kier molecular flexibility index (Phi) is 7.85. The molecule has 5 N–H and O–H groups in total. The van der Waals surface area contributed by atoms with Crippen LogP contribution in [0.5, 0.6) is 34.5 Å². The summed E-state index contributed by atoms with van der Waals surface area (Å²) in [6, 6.07) is 5.44. The summed E-state index contributed by atoms with van der Waals surface area (Å²) in [7, 11) is 5.38. The van der Waals surface area contributed by atoms with Crippen molar-refractivity contribution in [1.82, 2.24) is 0 Å². The Morgan fingerprint density at radius 1 is 0.842 bits per heavy atom. The molecule has 3 aromatic rings. The van der Waals surface area contributed by atoms with E-state index in [-0.39, 0.29) is 56.8 Å². The van der Waals surface area contributed by atoms with Crippen LogP contribution in [-0.2, 0) is 4.74 Å². The van der Waals surface area contributed by atoms with Gasteiger partial charge in [-0.05, 0) is 6.07 Å². The Bertz CT molecular complexity index is 1370. The van der Waals surface area contributed by atoms with E-state index in [1.54, 1.807) is 0 Å². The molecule has 1 aromatic heterocycles. The smallest absolute Gasteiger partial charge is 0.239 e. The lowest BCUT2D eigenvalue weighted by atomic mass is 9.99. The molecule has 1 saturated heterocycles. The second-order valence-corrected chi connectivity index (χ2v) is 8.33. The van der Waals surface area contributed by atoms with Crippen LogP contribution in [-0.4, -0.2) is 91.3 Å². The number of aliphatic hydroxyl groups excluding tert-OH is 4. The minimum Gasteiger partial charge on any atom is -0.507 e. The monoisotopic (exact) mass is 536 g/mol. The van der Waals surface area contributed by atoms with Crippen molar-refractivity contribution in [2.24, 2.45) is 0 Å². The van der Waals surface area contributed by atoms with Crippen molar-refractivity contribution >= 4 is 11.0 Å². The minimum atomic E-state index is -1.72. The number of aromatic hydroxyl groups is 1. The zero-order valence-electron chi connectivity index (χ0n) is 20.9. The summed E-state index contributed by atoms with van der Waals surface area (Å²) in [5, 5.41) is 50.6. The van der Waals surface area contributed by atoms with E-state index in [2.05, 4.69) is 0 Å². The normalized spacial score (nSPS) is 23.2. The molecule has 4 rings (SSSR count). The van der Waals surface area contributed by atoms with Gasteiger partial charge in [0.15, 0.2) is 17.3 Å². The Morgan fingerprint density at radius 2 is 1.53 bits per heavy atom. The van der Waals surface area contributed by atoms with E-state index >= 15 is 0 Å². The molecular weight excluding hydrogens is 508 g/mol. The second-order valence-electron chi connectivity index (χ2n) is 8.33. The summed E-state index contributed by atoms with van der Waals surface area (Å²) < 4.78 is 38.6.